The summed E-state index contributed by atoms with van der Waals surface area (Å²) in [5.41, 5.74) is 0.895. The Bertz CT molecular complexity index is 418. The Hall–Kier alpha value is -1.42. The number of rotatable bonds is 4. The third kappa shape index (κ3) is 4.03. The van der Waals surface area contributed by atoms with Gasteiger partial charge in [-0.25, -0.2) is 4.79 Å². The molecule has 19 heavy (non-hydrogen) atoms. The molecule has 106 valence electrons. The van der Waals surface area contributed by atoms with Crippen LogP contribution in [0.3, 0.4) is 0 Å². The quantitative estimate of drug-likeness (QED) is 0.624. The molecule has 2 atom stereocenters. The fourth-order valence-corrected chi connectivity index (χ4v) is 2.02. The van der Waals surface area contributed by atoms with Crippen molar-refractivity contribution in [3.63, 3.8) is 0 Å². The fourth-order valence-electron chi connectivity index (χ4n) is 2.02. The Morgan fingerprint density at radius 1 is 1.58 bits per heavy atom. The zero-order valence-electron chi connectivity index (χ0n) is 12.0. The minimum Gasteiger partial charge on any atom is -0.457 e. The number of hydrogen-bond acceptors (Lipinski definition) is 4. The third-order valence-corrected chi connectivity index (χ3v) is 3.56. The third-order valence-electron chi connectivity index (χ3n) is 3.56. The molecule has 4 nitrogen and oxygen atoms in total. The lowest BCUT2D eigenvalue weighted by atomic mass is 9.80. The second kappa shape index (κ2) is 6.66. The van der Waals surface area contributed by atoms with Crippen LogP contribution in [-0.4, -0.2) is 29.6 Å². The van der Waals surface area contributed by atoms with Crippen molar-refractivity contribution in [2.24, 2.45) is 11.8 Å². The fraction of sp³-hybridized carbons (Fsp3) is 0.600. The van der Waals surface area contributed by atoms with E-state index in [1.54, 1.807) is 19.9 Å². The van der Waals surface area contributed by atoms with Gasteiger partial charge in [0.2, 0.25) is 0 Å². The van der Waals surface area contributed by atoms with Crippen LogP contribution in [0.25, 0.3) is 0 Å². The van der Waals surface area contributed by atoms with Crippen LogP contribution < -0.4 is 0 Å². The predicted molar refractivity (Wildman–Crippen MR) is 72.4 cm³/mol. The van der Waals surface area contributed by atoms with Crippen molar-refractivity contribution in [3.05, 3.63) is 23.3 Å². The molecule has 0 heterocycles. The molecule has 0 radical (unpaired) electrons. The van der Waals surface area contributed by atoms with E-state index < -0.39 is 12.1 Å². The normalized spacial score (nSPS) is 24.4. The maximum absolute atomic E-state index is 11.9. The molecule has 1 aliphatic carbocycles. The van der Waals surface area contributed by atoms with Gasteiger partial charge in [-0.1, -0.05) is 19.9 Å². The van der Waals surface area contributed by atoms with E-state index in [4.69, 9.17) is 4.74 Å². The van der Waals surface area contributed by atoms with Crippen LogP contribution in [0.15, 0.2) is 23.3 Å². The molecule has 0 aromatic carbocycles. The molecule has 0 spiro atoms. The second-order valence-corrected chi connectivity index (χ2v) is 5.27. The Labute approximate surface area is 114 Å². The van der Waals surface area contributed by atoms with E-state index in [-0.39, 0.29) is 24.2 Å². The number of carbonyl (C=O) groups excluding carboxylic acids is 2. The highest BCUT2D eigenvalue weighted by Crippen LogP contribution is 2.27. The molecule has 1 aliphatic rings. The summed E-state index contributed by atoms with van der Waals surface area (Å²) in [6.07, 6.45) is 2.84. The first kappa shape index (κ1) is 15.6. The lowest BCUT2D eigenvalue weighted by Crippen LogP contribution is -2.32. The summed E-state index contributed by atoms with van der Waals surface area (Å²) in [6.45, 7) is 7.30. The number of ketones is 1. The van der Waals surface area contributed by atoms with E-state index in [9.17, 15) is 14.7 Å². The predicted octanol–water partition coefficient (Wildman–Crippen LogP) is 2.03. The number of ether oxygens (including phenoxy) is 1. The number of aliphatic hydroxyl groups excluding tert-OH is 1. The second-order valence-electron chi connectivity index (χ2n) is 5.27. The Balaban J connectivity index is 2.67. The molecular weight excluding hydrogens is 244 g/mol. The zero-order valence-corrected chi connectivity index (χ0v) is 12.0. The summed E-state index contributed by atoms with van der Waals surface area (Å²) < 4.78 is 5.04. The van der Waals surface area contributed by atoms with Crippen molar-refractivity contribution in [1.29, 1.82) is 0 Å². The first-order valence-corrected chi connectivity index (χ1v) is 6.58. The number of Topliss-reactive ketones (excluding diaryl/α,β-unsaturated/α-hetero) is 1. The van der Waals surface area contributed by atoms with Crippen LogP contribution in [0, 0.1) is 11.8 Å². The molecule has 0 unspecified atom stereocenters. The van der Waals surface area contributed by atoms with Gasteiger partial charge < -0.3 is 9.84 Å². The average molecular weight is 266 g/mol. The largest absolute Gasteiger partial charge is 0.457 e. The molecule has 0 amide bonds. The van der Waals surface area contributed by atoms with Crippen molar-refractivity contribution in [1.82, 2.24) is 0 Å². The van der Waals surface area contributed by atoms with Gasteiger partial charge in [-0.15, -0.1) is 0 Å². The summed E-state index contributed by atoms with van der Waals surface area (Å²) in [7, 11) is 0. The Morgan fingerprint density at radius 2 is 2.21 bits per heavy atom. The van der Waals surface area contributed by atoms with Crippen LogP contribution >= 0.6 is 0 Å². The van der Waals surface area contributed by atoms with Crippen molar-refractivity contribution < 1.29 is 19.4 Å². The standard InChI is InChI=1S/C15H22O4/c1-5-10(4)15(18)19-8-11-6-14(17)12(9(2)3)7-13(11)16/h5-6,9,12,14,17H,7-8H2,1-4H3/b10-5+/t12-,14-/m1/s1. The van der Waals surface area contributed by atoms with Crippen LogP contribution in [-0.2, 0) is 14.3 Å². The molecule has 1 N–H and O–H groups in total. The van der Waals surface area contributed by atoms with Crippen LogP contribution in [0.2, 0.25) is 0 Å². The van der Waals surface area contributed by atoms with Gasteiger partial charge in [0.25, 0.3) is 0 Å². The van der Waals surface area contributed by atoms with Crippen LogP contribution in [0.5, 0.6) is 0 Å². The zero-order chi connectivity index (χ0) is 14.6. The van der Waals surface area contributed by atoms with Gasteiger partial charge in [0, 0.05) is 17.6 Å². The summed E-state index contributed by atoms with van der Waals surface area (Å²) in [4.78, 5) is 23.4. The van der Waals surface area contributed by atoms with E-state index in [2.05, 4.69) is 0 Å². The lowest BCUT2D eigenvalue weighted by Gasteiger charge is -2.28. The number of carbonyl (C=O) groups is 2. The van der Waals surface area contributed by atoms with Gasteiger partial charge in [-0.3, -0.25) is 4.79 Å². The van der Waals surface area contributed by atoms with E-state index in [1.807, 2.05) is 13.8 Å². The van der Waals surface area contributed by atoms with E-state index in [0.717, 1.165) is 0 Å². The van der Waals surface area contributed by atoms with Crippen molar-refractivity contribution in [2.45, 2.75) is 40.2 Å². The lowest BCUT2D eigenvalue weighted by molar-refractivity contribution is -0.138. The average Bonchev–Trinajstić information content (AvgIpc) is 2.37. The first-order valence-electron chi connectivity index (χ1n) is 6.58. The van der Waals surface area contributed by atoms with Crippen molar-refractivity contribution in [2.75, 3.05) is 6.61 Å². The van der Waals surface area contributed by atoms with E-state index in [0.29, 0.717) is 17.6 Å². The van der Waals surface area contributed by atoms with Crippen molar-refractivity contribution in [3.8, 4) is 0 Å². The molecule has 0 bridgehead atoms. The highest BCUT2D eigenvalue weighted by molar-refractivity contribution is 5.97. The van der Waals surface area contributed by atoms with Crippen molar-refractivity contribution >= 4 is 11.8 Å². The summed E-state index contributed by atoms with van der Waals surface area (Å²) in [5, 5.41) is 9.97. The first-order chi connectivity index (χ1) is 8.86. The molecule has 0 saturated heterocycles. The monoisotopic (exact) mass is 266 g/mol. The summed E-state index contributed by atoms with van der Waals surface area (Å²) in [5.74, 6) is -0.291. The van der Waals surface area contributed by atoms with Gasteiger partial charge >= 0.3 is 5.97 Å². The molecule has 0 fully saturated rings. The SMILES string of the molecule is C/C=C(\C)C(=O)OCC1=C[C@@H](O)[C@@H](C(C)C)CC1=O. The van der Waals surface area contributed by atoms with Gasteiger partial charge in [0.1, 0.15) is 6.61 Å². The number of hydrogen-bond donors (Lipinski definition) is 1. The summed E-state index contributed by atoms with van der Waals surface area (Å²) >= 11 is 0. The van der Waals surface area contributed by atoms with Gasteiger partial charge in [0.05, 0.1) is 6.10 Å². The number of esters is 1. The van der Waals surface area contributed by atoms with Crippen LogP contribution in [0.1, 0.15) is 34.1 Å². The molecule has 1 rings (SSSR count). The van der Waals surface area contributed by atoms with Gasteiger partial charge in [-0.05, 0) is 31.8 Å². The maximum atomic E-state index is 11.9. The Kier molecular flexibility index (Phi) is 5.48. The molecule has 0 saturated carbocycles. The van der Waals surface area contributed by atoms with Crippen LogP contribution in [0.4, 0.5) is 0 Å². The maximum Gasteiger partial charge on any atom is 0.333 e. The number of aliphatic hydroxyl groups is 1. The summed E-state index contributed by atoms with van der Waals surface area (Å²) in [6, 6.07) is 0. The van der Waals surface area contributed by atoms with Gasteiger partial charge in [0.15, 0.2) is 5.78 Å². The molecule has 0 aromatic heterocycles. The molecular formula is C15H22O4. The highest BCUT2D eigenvalue weighted by atomic mass is 16.5. The minimum absolute atomic E-state index is 0.0464. The topological polar surface area (TPSA) is 63.6 Å². The van der Waals surface area contributed by atoms with E-state index >= 15 is 0 Å². The molecule has 4 heteroatoms. The van der Waals surface area contributed by atoms with E-state index in [1.165, 1.54) is 6.08 Å². The highest BCUT2D eigenvalue weighted by Gasteiger charge is 2.31. The molecule has 0 aromatic rings. The minimum atomic E-state index is -0.644. The van der Waals surface area contributed by atoms with Gasteiger partial charge in [-0.2, -0.15) is 0 Å². The Morgan fingerprint density at radius 3 is 2.74 bits per heavy atom. The smallest absolute Gasteiger partial charge is 0.333 e. The number of allylic oxidation sites excluding steroid dienone is 1. The molecule has 0 aliphatic heterocycles.